The van der Waals surface area contributed by atoms with Gasteiger partial charge in [0.1, 0.15) is 17.1 Å². The molecule has 0 fully saturated rings. The van der Waals surface area contributed by atoms with E-state index < -0.39 is 5.60 Å². The van der Waals surface area contributed by atoms with Crippen molar-refractivity contribution >= 4 is 0 Å². The number of ether oxygens (including phenoxy) is 1. The zero-order valence-electron chi connectivity index (χ0n) is 10.9. The Morgan fingerprint density at radius 3 is 3.00 bits per heavy atom. The van der Waals surface area contributed by atoms with Crippen molar-refractivity contribution in [2.45, 2.75) is 18.4 Å². The number of aryl methyl sites for hydroxylation is 1. The molecule has 0 aliphatic heterocycles. The highest BCUT2D eigenvalue weighted by Gasteiger charge is 2.43. The van der Waals surface area contributed by atoms with Crippen molar-refractivity contribution in [3.63, 3.8) is 0 Å². The van der Waals surface area contributed by atoms with Gasteiger partial charge in [-0.05, 0) is 30.0 Å². The van der Waals surface area contributed by atoms with Gasteiger partial charge in [0.25, 0.3) is 0 Å². The predicted molar refractivity (Wildman–Crippen MR) is 67.5 cm³/mol. The molecule has 1 heterocycles. The van der Waals surface area contributed by atoms with Crippen LogP contribution in [0.4, 0.5) is 4.39 Å². The monoisotopic (exact) mass is 262 g/mol. The average Bonchev–Trinajstić information content (AvgIpc) is 2.93. The van der Waals surface area contributed by atoms with Gasteiger partial charge in [-0.1, -0.05) is 12.1 Å². The maximum absolute atomic E-state index is 13.8. The molecule has 4 nitrogen and oxygen atoms in total. The molecule has 100 valence electrons. The molecule has 1 aliphatic rings. The van der Waals surface area contributed by atoms with Crippen molar-refractivity contribution < 1.29 is 14.2 Å². The number of benzene rings is 1. The van der Waals surface area contributed by atoms with Gasteiger partial charge >= 0.3 is 0 Å². The molecule has 1 atom stereocenters. The minimum atomic E-state index is -1.24. The van der Waals surface area contributed by atoms with Crippen LogP contribution in [0, 0.1) is 5.82 Å². The van der Waals surface area contributed by atoms with Crippen molar-refractivity contribution in [3.8, 4) is 5.75 Å². The Bertz CT molecular complexity index is 638. The van der Waals surface area contributed by atoms with Crippen molar-refractivity contribution in [1.29, 1.82) is 0 Å². The number of fused-ring (bicyclic) bond motifs is 1. The van der Waals surface area contributed by atoms with E-state index in [0.29, 0.717) is 35.4 Å². The van der Waals surface area contributed by atoms with E-state index in [1.165, 1.54) is 13.2 Å². The lowest BCUT2D eigenvalue weighted by Gasteiger charge is -2.25. The molecule has 19 heavy (non-hydrogen) atoms. The summed E-state index contributed by atoms with van der Waals surface area (Å²) in [5.74, 6) is 0.247. The van der Waals surface area contributed by atoms with Crippen LogP contribution < -0.4 is 4.74 Å². The van der Waals surface area contributed by atoms with Crippen molar-refractivity contribution in [2.24, 2.45) is 7.05 Å². The molecule has 5 heteroatoms. The fourth-order valence-corrected chi connectivity index (χ4v) is 2.93. The zero-order chi connectivity index (χ0) is 13.6. The third-order valence-corrected chi connectivity index (χ3v) is 3.82. The first-order valence-electron chi connectivity index (χ1n) is 6.14. The van der Waals surface area contributed by atoms with E-state index in [9.17, 15) is 9.50 Å². The molecule has 0 bridgehead atoms. The van der Waals surface area contributed by atoms with Gasteiger partial charge < -0.3 is 9.84 Å². The third kappa shape index (κ3) is 1.58. The Morgan fingerprint density at radius 2 is 2.26 bits per heavy atom. The smallest absolute Gasteiger partial charge is 0.163 e. The largest absolute Gasteiger partial charge is 0.493 e. The van der Waals surface area contributed by atoms with Crippen LogP contribution in [0.5, 0.6) is 5.75 Å². The fraction of sp³-hybridized carbons (Fsp3) is 0.357. The van der Waals surface area contributed by atoms with Crippen molar-refractivity contribution in [2.75, 3.05) is 7.11 Å². The SMILES string of the molecule is COc1cnn(C)c1C1(O)CCc2c(F)cccc21. The van der Waals surface area contributed by atoms with Crippen LogP contribution in [0.25, 0.3) is 0 Å². The first-order valence-corrected chi connectivity index (χ1v) is 6.14. The summed E-state index contributed by atoms with van der Waals surface area (Å²) in [7, 11) is 3.28. The van der Waals surface area contributed by atoms with E-state index in [2.05, 4.69) is 5.10 Å². The van der Waals surface area contributed by atoms with Crippen molar-refractivity contribution in [1.82, 2.24) is 9.78 Å². The molecular weight excluding hydrogens is 247 g/mol. The van der Waals surface area contributed by atoms with E-state index in [4.69, 9.17) is 4.74 Å². The summed E-state index contributed by atoms with van der Waals surface area (Å²) < 4.78 is 20.6. The van der Waals surface area contributed by atoms with Crippen LogP contribution >= 0.6 is 0 Å². The quantitative estimate of drug-likeness (QED) is 0.897. The number of nitrogens with zero attached hydrogens (tertiary/aromatic N) is 2. The standard InChI is InChI=1S/C14H15FN2O2/c1-17-13(12(19-2)8-16-17)14(18)7-6-9-10(14)4-3-5-11(9)15/h3-5,8,18H,6-7H2,1-2H3. The Hall–Kier alpha value is -1.88. The summed E-state index contributed by atoms with van der Waals surface area (Å²) in [5, 5.41) is 15.1. The van der Waals surface area contributed by atoms with Crippen LogP contribution in [0.1, 0.15) is 23.2 Å². The van der Waals surface area contributed by atoms with Gasteiger partial charge in [-0.15, -0.1) is 0 Å². The minimum Gasteiger partial charge on any atom is -0.493 e. The van der Waals surface area contributed by atoms with Gasteiger partial charge in [-0.3, -0.25) is 4.68 Å². The molecule has 1 unspecified atom stereocenters. The summed E-state index contributed by atoms with van der Waals surface area (Å²) in [6.45, 7) is 0. The lowest BCUT2D eigenvalue weighted by molar-refractivity contribution is 0.0711. The van der Waals surface area contributed by atoms with Gasteiger partial charge in [0.05, 0.1) is 13.3 Å². The normalized spacial score (nSPS) is 21.5. The Labute approximate surface area is 110 Å². The lowest BCUT2D eigenvalue weighted by atomic mass is 9.91. The van der Waals surface area contributed by atoms with E-state index in [1.54, 1.807) is 30.1 Å². The molecule has 1 N–H and O–H groups in total. The molecule has 1 aliphatic carbocycles. The first-order chi connectivity index (χ1) is 9.08. The third-order valence-electron chi connectivity index (χ3n) is 3.82. The topological polar surface area (TPSA) is 47.3 Å². The van der Waals surface area contributed by atoms with Gasteiger partial charge in [-0.2, -0.15) is 5.10 Å². The highest BCUT2D eigenvalue weighted by Crippen LogP contribution is 2.45. The van der Waals surface area contributed by atoms with Gasteiger partial charge in [0.15, 0.2) is 5.75 Å². The molecule has 1 aromatic heterocycles. The summed E-state index contributed by atoms with van der Waals surface area (Å²) in [4.78, 5) is 0. The van der Waals surface area contributed by atoms with E-state index in [-0.39, 0.29) is 5.82 Å². The number of aliphatic hydroxyl groups is 1. The molecule has 1 aromatic carbocycles. The molecule has 0 saturated heterocycles. The predicted octanol–water partition coefficient (Wildman–Crippen LogP) is 1.75. The van der Waals surface area contributed by atoms with Crippen LogP contribution in [-0.2, 0) is 19.1 Å². The summed E-state index contributed by atoms with van der Waals surface area (Å²) in [5.41, 5.74) is 0.510. The second-order valence-electron chi connectivity index (χ2n) is 4.81. The summed E-state index contributed by atoms with van der Waals surface area (Å²) in [6, 6.07) is 4.80. The van der Waals surface area contributed by atoms with Crippen LogP contribution in [-0.4, -0.2) is 22.0 Å². The van der Waals surface area contributed by atoms with Crippen LogP contribution in [0.2, 0.25) is 0 Å². The average molecular weight is 262 g/mol. The van der Waals surface area contributed by atoms with Crippen LogP contribution in [0.3, 0.4) is 0 Å². The molecule has 0 spiro atoms. The summed E-state index contributed by atoms with van der Waals surface area (Å²) >= 11 is 0. The maximum Gasteiger partial charge on any atom is 0.163 e. The minimum absolute atomic E-state index is 0.269. The number of hydrogen-bond acceptors (Lipinski definition) is 3. The lowest BCUT2D eigenvalue weighted by Crippen LogP contribution is -2.27. The van der Waals surface area contributed by atoms with Gasteiger partial charge in [-0.25, -0.2) is 4.39 Å². The number of hydrogen-bond donors (Lipinski definition) is 1. The number of methoxy groups -OCH3 is 1. The second-order valence-corrected chi connectivity index (χ2v) is 4.81. The molecule has 0 radical (unpaired) electrons. The fourth-order valence-electron chi connectivity index (χ4n) is 2.93. The Morgan fingerprint density at radius 1 is 1.47 bits per heavy atom. The van der Waals surface area contributed by atoms with Gasteiger partial charge in [0.2, 0.25) is 0 Å². The Balaban J connectivity index is 2.22. The number of rotatable bonds is 2. The number of aromatic nitrogens is 2. The first kappa shape index (κ1) is 12.2. The Kier molecular flexibility index (Phi) is 2.60. The highest BCUT2D eigenvalue weighted by atomic mass is 19.1. The van der Waals surface area contributed by atoms with Gasteiger partial charge in [0, 0.05) is 7.05 Å². The maximum atomic E-state index is 13.8. The van der Waals surface area contributed by atoms with E-state index >= 15 is 0 Å². The molecule has 0 amide bonds. The molecule has 3 rings (SSSR count). The number of halogens is 1. The van der Waals surface area contributed by atoms with Crippen molar-refractivity contribution in [3.05, 3.63) is 47.0 Å². The zero-order valence-corrected chi connectivity index (χ0v) is 10.9. The second kappa shape index (κ2) is 4.06. The van der Waals surface area contributed by atoms with E-state index in [1.807, 2.05) is 0 Å². The molecule has 2 aromatic rings. The van der Waals surface area contributed by atoms with Crippen LogP contribution in [0.15, 0.2) is 24.4 Å². The molecular formula is C14H15FN2O2. The van der Waals surface area contributed by atoms with E-state index in [0.717, 1.165) is 0 Å². The summed E-state index contributed by atoms with van der Waals surface area (Å²) in [6.07, 6.45) is 2.50. The molecule has 0 saturated carbocycles. The highest BCUT2D eigenvalue weighted by molar-refractivity contribution is 5.47.